The Hall–Kier alpha value is -4.07. The van der Waals surface area contributed by atoms with Crippen LogP contribution >= 0.6 is 0 Å². The van der Waals surface area contributed by atoms with E-state index in [1.165, 1.54) is 11.0 Å². The summed E-state index contributed by atoms with van der Waals surface area (Å²) in [5, 5.41) is 2.83. The van der Waals surface area contributed by atoms with Gasteiger partial charge in [0, 0.05) is 34.7 Å². The summed E-state index contributed by atoms with van der Waals surface area (Å²) in [5.41, 5.74) is 3.06. The number of fused-ring (bicyclic) bond motifs is 1. The van der Waals surface area contributed by atoms with E-state index >= 15 is 0 Å². The molecule has 0 radical (unpaired) electrons. The number of amides is 3. The number of aryl methyl sites for hydroxylation is 2. The molecule has 1 aromatic heterocycles. The van der Waals surface area contributed by atoms with Gasteiger partial charge in [0.05, 0.1) is 11.1 Å². The first kappa shape index (κ1) is 22.7. The first-order chi connectivity index (χ1) is 16.9. The van der Waals surface area contributed by atoms with E-state index in [0.29, 0.717) is 22.6 Å². The summed E-state index contributed by atoms with van der Waals surface area (Å²) in [5.74, 6) is -0.479. The van der Waals surface area contributed by atoms with Crippen LogP contribution in [0.1, 0.15) is 74.6 Å². The van der Waals surface area contributed by atoms with Crippen LogP contribution in [0.3, 0.4) is 0 Å². The van der Waals surface area contributed by atoms with Gasteiger partial charge in [-0.25, -0.2) is 9.97 Å². The van der Waals surface area contributed by atoms with E-state index in [1.807, 2.05) is 19.9 Å². The van der Waals surface area contributed by atoms with Gasteiger partial charge in [0.1, 0.15) is 5.75 Å². The molecule has 0 saturated heterocycles. The van der Waals surface area contributed by atoms with Crippen LogP contribution in [0.4, 0.5) is 5.69 Å². The average Bonchev–Trinajstić information content (AvgIpc) is 3.08. The molecule has 8 heteroatoms. The van der Waals surface area contributed by atoms with Gasteiger partial charge in [-0.15, -0.1) is 0 Å². The maximum atomic E-state index is 13.1. The van der Waals surface area contributed by atoms with Crippen LogP contribution in [-0.2, 0) is 0 Å². The molecule has 2 aliphatic rings. The van der Waals surface area contributed by atoms with Crippen molar-refractivity contribution in [3.63, 3.8) is 0 Å². The number of anilines is 1. The highest BCUT2D eigenvalue weighted by atomic mass is 16.5. The maximum absolute atomic E-state index is 13.1. The highest BCUT2D eigenvalue weighted by Gasteiger charge is 2.40. The molecular formula is C27H26N4O4. The second-order valence-electron chi connectivity index (χ2n) is 9.05. The van der Waals surface area contributed by atoms with Gasteiger partial charge in [0.2, 0.25) is 0 Å². The standard InChI is InChI=1S/C27H26N4O4/c1-16-13-17(2)29-27(28-16)35-21-10-6-7-19(15-21)30-24(32)18-11-12-22-23(14-18)26(34)31(25(22)33)20-8-4-3-5-9-20/h6-7,10-15,20H,3-5,8-9H2,1-2H3,(H,30,32). The Balaban J connectivity index is 1.32. The lowest BCUT2D eigenvalue weighted by molar-refractivity contribution is 0.0548. The number of nitrogens with one attached hydrogen (secondary N) is 1. The summed E-state index contributed by atoms with van der Waals surface area (Å²) in [6.07, 6.45) is 4.84. The molecule has 3 amide bonds. The smallest absolute Gasteiger partial charge is 0.322 e. The number of carbonyl (C=O) groups is 3. The molecule has 0 atom stereocenters. The fourth-order valence-electron chi connectivity index (χ4n) is 4.76. The molecule has 1 N–H and O–H groups in total. The third-order valence-corrected chi connectivity index (χ3v) is 6.38. The quantitative estimate of drug-likeness (QED) is 0.523. The van der Waals surface area contributed by atoms with Crippen LogP contribution < -0.4 is 10.1 Å². The number of hydrogen-bond acceptors (Lipinski definition) is 6. The zero-order valence-electron chi connectivity index (χ0n) is 19.7. The minimum absolute atomic E-state index is 0.0580. The minimum Gasteiger partial charge on any atom is -0.424 e. The first-order valence-corrected chi connectivity index (χ1v) is 11.8. The van der Waals surface area contributed by atoms with Crippen molar-refractivity contribution < 1.29 is 19.1 Å². The fraction of sp³-hybridized carbons (Fsp3) is 0.296. The Kier molecular flexibility index (Phi) is 6.03. The summed E-state index contributed by atoms with van der Waals surface area (Å²) in [7, 11) is 0. The predicted molar refractivity (Wildman–Crippen MR) is 130 cm³/mol. The van der Waals surface area contributed by atoms with Gasteiger partial charge in [-0.3, -0.25) is 19.3 Å². The third kappa shape index (κ3) is 4.64. The molecule has 0 unspecified atom stereocenters. The van der Waals surface area contributed by atoms with Crippen molar-refractivity contribution in [3.8, 4) is 11.8 Å². The van der Waals surface area contributed by atoms with Crippen LogP contribution in [0.15, 0.2) is 48.5 Å². The van der Waals surface area contributed by atoms with Crippen LogP contribution in [0.5, 0.6) is 11.8 Å². The molecule has 2 aromatic carbocycles. The van der Waals surface area contributed by atoms with Crippen molar-refractivity contribution >= 4 is 23.4 Å². The number of carbonyl (C=O) groups excluding carboxylic acids is 3. The van der Waals surface area contributed by atoms with E-state index < -0.39 is 0 Å². The van der Waals surface area contributed by atoms with E-state index in [1.54, 1.807) is 36.4 Å². The monoisotopic (exact) mass is 470 g/mol. The summed E-state index contributed by atoms with van der Waals surface area (Å²) in [4.78, 5) is 48.8. The number of hydrogen-bond donors (Lipinski definition) is 1. The molecule has 8 nitrogen and oxygen atoms in total. The molecule has 0 bridgehead atoms. The van der Waals surface area contributed by atoms with Crippen molar-refractivity contribution in [2.75, 3.05) is 5.32 Å². The van der Waals surface area contributed by atoms with Gasteiger partial charge in [-0.1, -0.05) is 25.3 Å². The molecule has 1 fully saturated rings. The molecule has 1 aliphatic carbocycles. The van der Waals surface area contributed by atoms with Crippen molar-refractivity contribution in [1.82, 2.24) is 14.9 Å². The number of ether oxygens (including phenoxy) is 1. The molecule has 1 saturated carbocycles. The van der Waals surface area contributed by atoms with Crippen LogP contribution in [-0.4, -0.2) is 38.6 Å². The van der Waals surface area contributed by atoms with E-state index in [9.17, 15) is 14.4 Å². The largest absolute Gasteiger partial charge is 0.424 e. The maximum Gasteiger partial charge on any atom is 0.322 e. The van der Waals surface area contributed by atoms with Gasteiger partial charge in [-0.05, 0) is 63.1 Å². The Morgan fingerprint density at radius 1 is 0.914 bits per heavy atom. The third-order valence-electron chi connectivity index (χ3n) is 6.38. The van der Waals surface area contributed by atoms with E-state index in [2.05, 4.69) is 15.3 Å². The Bertz CT molecular complexity index is 1310. The van der Waals surface area contributed by atoms with Crippen molar-refractivity contribution in [3.05, 3.63) is 76.6 Å². The molecular weight excluding hydrogens is 444 g/mol. The SMILES string of the molecule is Cc1cc(C)nc(Oc2cccc(NC(=O)c3ccc4c(c3)C(=O)N(C3CCCCC3)C4=O)c2)n1. The van der Waals surface area contributed by atoms with Gasteiger partial charge in [-0.2, -0.15) is 0 Å². The number of benzene rings is 2. The molecule has 5 rings (SSSR count). The number of rotatable bonds is 5. The number of nitrogens with zero attached hydrogens (tertiary/aromatic N) is 3. The zero-order chi connectivity index (χ0) is 24.5. The second kappa shape index (κ2) is 9.29. The van der Waals surface area contributed by atoms with E-state index in [0.717, 1.165) is 43.5 Å². The number of imide groups is 1. The topological polar surface area (TPSA) is 101 Å². The van der Waals surface area contributed by atoms with Gasteiger partial charge >= 0.3 is 6.01 Å². The fourth-order valence-corrected chi connectivity index (χ4v) is 4.76. The second-order valence-corrected chi connectivity index (χ2v) is 9.05. The highest BCUT2D eigenvalue weighted by molar-refractivity contribution is 6.22. The summed E-state index contributed by atoms with van der Waals surface area (Å²) >= 11 is 0. The van der Waals surface area contributed by atoms with Crippen LogP contribution in [0, 0.1) is 13.8 Å². The number of aromatic nitrogens is 2. The Morgan fingerprint density at radius 2 is 1.63 bits per heavy atom. The van der Waals surface area contributed by atoms with E-state index in [-0.39, 0.29) is 35.3 Å². The molecule has 0 spiro atoms. The van der Waals surface area contributed by atoms with Gasteiger partial charge < -0.3 is 10.1 Å². The zero-order valence-corrected chi connectivity index (χ0v) is 19.7. The highest BCUT2D eigenvalue weighted by Crippen LogP contribution is 2.32. The lowest BCUT2D eigenvalue weighted by Gasteiger charge is -2.29. The van der Waals surface area contributed by atoms with Crippen LogP contribution in [0.2, 0.25) is 0 Å². The molecule has 3 aromatic rings. The van der Waals surface area contributed by atoms with E-state index in [4.69, 9.17) is 4.74 Å². The van der Waals surface area contributed by atoms with Gasteiger partial charge in [0.15, 0.2) is 0 Å². The first-order valence-electron chi connectivity index (χ1n) is 11.8. The van der Waals surface area contributed by atoms with Crippen LogP contribution in [0.25, 0.3) is 0 Å². The molecule has 1 aliphatic heterocycles. The molecule has 178 valence electrons. The molecule has 2 heterocycles. The predicted octanol–water partition coefficient (Wildman–Crippen LogP) is 5.07. The van der Waals surface area contributed by atoms with Crippen molar-refractivity contribution in [2.45, 2.75) is 52.0 Å². The average molecular weight is 471 g/mol. The summed E-state index contributed by atoms with van der Waals surface area (Å²) in [6.45, 7) is 3.73. The normalized spacial score (nSPS) is 15.8. The Labute approximate surface area is 203 Å². The summed E-state index contributed by atoms with van der Waals surface area (Å²) < 4.78 is 5.76. The molecule has 35 heavy (non-hydrogen) atoms. The lowest BCUT2D eigenvalue weighted by Crippen LogP contribution is -2.40. The Morgan fingerprint density at radius 3 is 2.37 bits per heavy atom. The van der Waals surface area contributed by atoms with Gasteiger partial charge in [0.25, 0.3) is 17.7 Å². The summed E-state index contributed by atoms with van der Waals surface area (Å²) in [6, 6.07) is 13.6. The van der Waals surface area contributed by atoms with Crippen molar-refractivity contribution in [2.24, 2.45) is 0 Å². The van der Waals surface area contributed by atoms with Crippen molar-refractivity contribution in [1.29, 1.82) is 0 Å². The minimum atomic E-state index is -0.385. The lowest BCUT2D eigenvalue weighted by atomic mass is 9.94.